The minimum Gasteiger partial charge on any atom is -0.489 e. The largest absolute Gasteiger partial charge is 0.489 e. The van der Waals surface area contributed by atoms with Crippen molar-refractivity contribution in [2.24, 2.45) is 0 Å². The Morgan fingerprint density at radius 2 is 2.03 bits per heavy atom. The highest BCUT2D eigenvalue weighted by atomic mass is 16.7. The summed E-state index contributed by atoms with van der Waals surface area (Å²) in [5, 5.41) is 9.78. The van der Waals surface area contributed by atoms with E-state index in [1.54, 1.807) is 29.3 Å². The predicted molar refractivity (Wildman–Crippen MR) is 118 cm³/mol. The lowest BCUT2D eigenvalue weighted by molar-refractivity contribution is 0.173. The number of urea groups is 1. The van der Waals surface area contributed by atoms with E-state index >= 15 is 0 Å². The number of nitrogens with zero attached hydrogens (tertiary/aromatic N) is 4. The summed E-state index contributed by atoms with van der Waals surface area (Å²) in [5.41, 5.74) is 2.37. The SMILES string of the molecule is O=C(NCc1cccnc1-n1cncn1)Nc1cccc(COc2ccc3c(c2)OCO3)c1. The van der Waals surface area contributed by atoms with Crippen LogP contribution >= 0.6 is 0 Å². The van der Waals surface area contributed by atoms with Crippen LogP contribution in [0.1, 0.15) is 11.1 Å². The third kappa shape index (κ3) is 4.85. The van der Waals surface area contributed by atoms with E-state index in [0.29, 0.717) is 35.4 Å². The van der Waals surface area contributed by atoms with E-state index in [1.165, 1.54) is 6.33 Å². The maximum Gasteiger partial charge on any atom is 0.319 e. The van der Waals surface area contributed by atoms with Crippen molar-refractivity contribution in [3.05, 3.63) is 84.6 Å². The Balaban J connectivity index is 1.17. The second-order valence-electron chi connectivity index (χ2n) is 7.14. The molecule has 4 aromatic rings. The standard InChI is InChI=1S/C23H20N6O4/c30-23(26-11-17-4-2-8-25-22(17)29-14-24-13-27-29)28-18-5-1-3-16(9-18)12-31-19-6-7-20-21(10-19)33-15-32-20/h1-10,13-14H,11-12,15H2,(H2,26,28,30). The summed E-state index contributed by atoms with van der Waals surface area (Å²) in [4.78, 5) is 20.7. The smallest absolute Gasteiger partial charge is 0.319 e. The molecule has 2 aromatic carbocycles. The van der Waals surface area contributed by atoms with Gasteiger partial charge in [-0.15, -0.1) is 0 Å². The van der Waals surface area contributed by atoms with Gasteiger partial charge in [-0.3, -0.25) is 0 Å². The molecule has 33 heavy (non-hydrogen) atoms. The summed E-state index contributed by atoms with van der Waals surface area (Å²) < 4.78 is 18.1. The number of hydrogen-bond acceptors (Lipinski definition) is 7. The van der Waals surface area contributed by atoms with Crippen molar-refractivity contribution < 1.29 is 19.0 Å². The van der Waals surface area contributed by atoms with Crippen molar-refractivity contribution >= 4 is 11.7 Å². The Morgan fingerprint density at radius 1 is 1.09 bits per heavy atom. The van der Waals surface area contributed by atoms with E-state index in [1.807, 2.05) is 42.5 Å². The first-order chi connectivity index (χ1) is 16.2. The molecule has 1 aliphatic rings. The number of pyridine rings is 1. The Bertz CT molecular complexity index is 1260. The maximum absolute atomic E-state index is 12.4. The van der Waals surface area contributed by atoms with Crippen molar-refractivity contribution in [1.82, 2.24) is 25.1 Å². The van der Waals surface area contributed by atoms with Crippen molar-refractivity contribution in [3.63, 3.8) is 0 Å². The summed E-state index contributed by atoms with van der Waals surface area (Å²) >= 11 is 0. The van der Waals surface area contributed by atoms with Gasteiger partial charge in [-0.05, 0) is 35.9 Å². The van der Waals surface area contributed by atoms with Gasteiger partial charge in [0.2, 0.25) is 6.79 Å². The zero-order valence-corrected chi connectivity index (χ0v) is 17.5. The van der Waals surface area contributed by atoms with Crippen LogP contribution < -0.4 is 24.8 Å². The zero-order valence-electron chi connectivity index (χ0n) is 17.5. The Kier molecular flexibility index (Phi) is 5.70. The zero-order chi connectivity index (χ0) is 22.5. The Labute approximate surface area is 189 Å². The number of fused-ring (bicyclic) bond motifs is 1. The Hall–Kier alpha value is -4.60. The molecule has 0 unspecified atom stereocenters. The number of nitrogens with one attached hydrogen (secondary N) is 2. The molecule has 0 spiro atoms. The third-order valence-corrected chi connectivity index (χ3v) is 4.88. The monoisotopic (exact) mass is 444 g/mol. The van der Waals surface area contributed by atoms with Crippen LogP contribution in [-0.2, 0) is 13.2 Å². The molecule has 10 nitrogen and oxygen atoms in total. The number of anilines is 1. The second kappa shape index (κ2) is 9.27. The average molecular weight is 444 g/mol. The fourth-order valence-electron chi connectivity index (χ4n) is 3.32. The summed E-state index contributed by atoms with van der Waals surface area (Å²) in [7, 11) is 0. The van der Waals surface area contributed by atoms with Gasteiger partial charge in [-0.1, -0.05) is 18.2 Å². The van der Waals surface area contributed by atoms with Crippen molar-refractivity contribution in [1.29, 1.82) is 0 Å². The first-order valence-corrected chi connectivity index (χ1v) is 10.2. The molecule has 0 bridgehead atoms. The lowest BCUT2D eigenvalue weighted by Crippen LogP contribution is -2.28. The van der Waals surface area contributed by atoms with Gasteiger partial charge in [-0.2, -0.15) is 5.10 Å². The second-order valence-corrected chi connectivity index (χ2v) is 7.14. The molecule has 0 radical (unpaired) electrons. The third-order valence-electron chi connectivity index (χ3n) is 4.88. The molecular weight excluding hydrogens is 424 g/mol. The van der Waals surface area contributed by atoms with Gasteiger partial charge in [0.25, 0.3) is 0 Å². The maximum atomic E-state index is 12.4. The van der Waals surface area contributed by atoms with E-state index in [0.717, 1.165) is 11.1 Å². The lowest BCUT2D eigenvalue weighted by Gasteiger charge is -2.12. The molecule has 5 rings (SSSR count). The minimum absolute atomic E-state index is 0.219. The molecule has 0 fully saturated rings. The van der Waals surface area contributed by atoms with Crippen LogP contribution in [0.15, 0.2) is 73.4 Å². The molecule has 0 saturated heterocycles. The van der Waals surface area contributed by atoms with Crippen molar-refractivity contribution in [2.45, 2.75) is 13.2 Å². The summed E-state index contributed by atoms with van der Waals surface area (Å²) in [5.74, 6) is 2.66. The molecule has 2 aromatic heterocycles. The number of rotatable bonds is 7. The summed E-state index contributed by atoms with van der Waals surface area (Å²) in [6.07, 6.45) is 4.66. The highest BCUT2D eigenvalue weighted by molar-refractivity contribution is 5.89. The molecule has 0 atom stereocenters. The normalized spacial score (nSPS) is 11.8. The fraction of sp³-hybridized carbons (Fsp3) is 0.130. The van der Waals surface area contributed by atoms with E-state index < -0.39 is 0 Å². The quantitative estimate of drug-likeness (QED) is 0.450. The van der Waals surface area contributed by atoms with Crippen LogP contribution in [0.4, 0.5) is 10.5 Å². The number of carbonyl (C=O) groups excluding carboxylic acids is 1. The molecule has 1 aliphatic heterocycles. The number of benzene rings is 2. The number of hydrogen-bond donors (Lipinski definition) is 2. The number of carbonyl (C=O) groups is 1. The number of amides is 2. The highest BCUT2D eigenvalue weighted by Crippen LogP contribution is 2.35. The minimum atomic E-state index is -0.336. The highest BCUT2D eigenvalue weighted by Gasteiger charge is 2.14. The first kappa shape index (κ1) is 20.3. The van der Waals surface area contributed by atoms with Gasteiger partial charge in [0, 0.05) is 30.1 Å². The number of aromatic nitrogens is 4. The van der Waals surface area contributed by atoms with Crippen LogP contribution in [0.3, 0.4) is 0 Å². The van der Waals surface area contributed by atoms with Gasteiger partial charge in [-0.25, -0.2) is 19.4 Å². The number of ether oxygens (including phenoxy) is 3. The van der Waals surface area contributed by atoms with Gasteiger partial charge >= 0.3 is 6.03 Å². The molecule has 2 amide bonds. The van der Waals surface area contributed by atoms with E-state index in [4.69, 9.17) is 14.2 Å². The molecular formula is C23H20N6O4. The van der Waals surface area contributed by atoms with Crippen molar-refractivity contribution in [3.8, 4) is 23.1 Å². The van der Waals surface area contributed by atoms with Gasteiger partial charge < -0.3 is 24.8 Å². The van der Waals surface area contributed by atoms with Crippen LogP contribution in [0.5, 0.6) is 17.2 Å². The fourth-order valence-corrected chi connectivity index (χ4v) is 3.32. The predicted octanol–water partition coefficient (Wildman–Crippen LogP) is 3.29. The van der Waals surface area contributed by atoms with Gasteiger partial charge in [0.15, 0.2) is 17.3 Å². The Morgan fingerprint density at radius 3 is 2.94 bits per heavy atom. The molecule has 0 aliphatic carbocycles. The van der Waals surface area contributed by atoms with E-state index in [2.05, 4.69) is 25.7 Å². The molecule has 2 N–H and O–H groups in total. The topological polar surface area (TPSA) is 112 Å². The average Bonchev–Trinajstić information content (AvgIpc) is 3.54. The summed E-state index contributed by atoms with van der Waals surface area (Å²) in [6.45, 7) is 0.840. The van der Waals surface area contributed by atoms with E-state index in [9.17, 15) is 4.79 Å². The van der Waals surface area contributed by atoms with Crippen molar-refractivity contribution in [2.75, 3.05) is 12.1 Å². The van der Waals surface area contributed by atoms with Gasteiger partial charge in [0.05, 0.1) is 0 Å². The van der Waals surface area contributed by atoms with Crippen LogP contribution in [0.25, 0.3) is 5.82 Å². The van der Waals surface area contributed by atoms with Gasteiger partial charge in [0.1, 0.15) is 25.0 Å². The summed E-state index contributed by atoms with van der Waals surface area (Å²) in [6, 6.07) is 16.2. The molecule has 166 valence electrons. The van der Waals surface area contributed by atoms with Crippen LogP contribution in [0, 0.1) is 0 Å². The van der Waals surface area contributed by atoms with Crippen LogP contribution in [-0.4, -0.2) is 32.6 Å². The first-order valence-electron chi connectivity index (χ1n) is 10.2. The molecule has 3 heterocycles. The van der Waals surface area contributed by atoms with Crippen LogP contribution in [0.2, 0.25) is 0 Å². The van der Waals surface area contributed by atoms with E-state index in [-0.39, 0.29) is 19.4 Å². The molecule has 10 heteroatoms. The molecule has 0 saturated carbocycles. The lowest BCUT2D eigenvalue weighted by atomic mass is 10.2.